The number of anilines is 1. The molecule has 0 spiro atoms. The van der Waals surface area contributed by atoms with Crippen molar-refractivity contribution in [3.05, 3.63) is 23.9 Å². The Morgan fingerprint density at radius 3 is 2.56 bits per heavy atom. The Morgan fingerprint density at radius 1 is 1.21 bits per heavy atom. The van der Waals surface area contributed by atoms with Gasteiger partial charge in [-0.2, -0.15) is 5.26 Å². The fourth-order valence-corrected chi connectivity index (χ4v) is 3.98. The minimum absolute atomic E-state index is 0.124. The van der Waals surface area contributed by atoms with E-state index in [1.807, 2.05) is 31.7 Å². The molecule has 2 heterocycles. The summed E-state index contributed by atoms with van der Waals surface area (Å²) in [5.41, 5.74) is 1.54. The van der Waals surface area contributed by atoms with E-state index in [-0.39, 0.29) is 6.61 Å². The van der Waals surface area contributed by atoms with Crippen molar-refractivity contribution >= 4 is 22.7 Å². The number of nitrogens with zero attached hydrogens (tertiary/aromatic N) is 4. The summed E-state index contributed by atoms with van der Waals surface area (Å²) in [6, 6.07) is 5.90. The van der Waals surface area contributed by atoms with E-state index in [9.17, 15) is 15.2 Å². The Bertz CT molecular complexity index is 1060. The Hall–Kier alpha value is -3.29. The van der Waals surface area contributed by atoms with E-state index in [1.165, 1.54) is 0 Å². The van der Waals surface area contributed by atoms with Crippen LogP contribution in [0.15, 0.2) is 18.3 Å². The Balaban J connectivity index is 1.77. The first-order chi connectivity index (χ1) is 16.2. The fraction of sp³-hybridized carbons (Fsp3) is 0.542. The Labute approximate surface area is 200 Å². The molecule has 0 saturated carbocycles. The van der Waals surface area contributed by atoms with Crippen LogP contribution in [0.4, 0.5) is 10.5 Å². The first-order valence-electron chi connectivity index (χ1n) is 11.2. The van der Waals surface area contributed by atoms with E-state index >= 15 is 0 Å². The van der Waals surface area contributed by atoms with E-state index in [0.717, 1.165) is 17.5 Å². The number of rotatable bonds is 6. The number of ether oxygens (including phenoxy) is 3. The number of hydrogen-bond donors (Lipinski definition) is 2. The highest BCUT2D eigenvalue weighted by molar-refractivity contribution is 5.96. The quantitative estimate of drug-likeness (QED) is 0.654. The largest absolute Gasteiger partial charge is 0.493 e. The highest BCUT2D eigenvalue weighted by atomic mass is 16.6. The van der Waals surface area contributed by atoms with Crippen LogP contribution < -0.4 is 19.7 Å². The predicted octanol–water partition coefficient (Wildman–Crippen LogP) is 2.48. The summed E-state index contributed by atoms with van der Waals surface area (Å²) in [7, 11) is 3.14. The molecule has 0 radical (unpaired) electrons. The number of nitrogens with one attached hydrogen (secondary N) is 1. The van der Waals surface area contributed by atoms with Crippen molar-refractivity contribution in [3.63, 3.8) is 0 Å². The molecule has 0 aliphatic carbocycles. The first-order valence-corrected chi connectivity index (χ1v) is 11.2. The molecule has 2 N–H and O–H groups in total. The molecule has 0 bridgehead atoms. The number of benzene rings is 1. The van der Waals surface area contributed by atoms with Crippen molar-refractivity contribution in [3.8, 4) is 17.6 Å². The molecule has 3 rings (SSSR count). The number of methoxy groups -OCH3 is 2. The van der Waals surface area contributed by atoms with Crippen LogP contribution in [0.5, 0.6) is 11.5 Å². The SMILES string of the molecule is COc1cc2ncc(C#N)c(N3CCCN(C(O)COC(=O)NC(C)(C)C)CC3)c2cc1OC. The standard InChI is InChI=1S/C24H33N5O5/c1-24(2,3)27-23(31)34-15-21(30)28-7-6-8-29(10-9-28)22-16(13-25)14-26-18-12-20(33-5)19(32-4)11-17(18)22/h11-12,14,21,30H,6-10,15H2,1-5H3,(H,27,31). The zero-order chi connectivity index (χ0) is 24.9. The maximum absolute atomic E-state index is 11.9. The van der Waals surface area contributed by atoms with Gasteiger partial charge < -0.3 is 29.5 Å². The van der Waals surface area contributed by atoms with Gasteiger partial charge in [-0.25, -0.2) is 4.79 Å². The predicted molar refractivity (Wildman–Crippen MR) is 128 cm³/mol. The zero-order valence-corrected chi connectivity index (χ0v) is 20.4. The topological polar surface area (TPSA) is 120 Å². The molecule has 1 fully saturated rings. The van der Waals surface area contributed by atoms with Crippen LogP contribution in [0.2, 0.25) is 0 Å². The smallest absolute Gasteiger partial charge is 0.407 e. The third kappa shape index (κ3) is 5.98. The molecular formula is C24H33N5O5. The van der Waals surface area contributed by atoms with Crippen LogP contribution in [0.25, 0.3) is 10.9 Å². The average molecular weight is 472 g/mol. The van der Waals surface area contributed by atoms with Crippen molar-refractivity contribution in [2.75, 3.05) is 51.9 Å². The number of alkyl carbamates (subject to hydrolysis) is 1. The number of hydrogen-bond acceptors (Lipinski definition) is 9. The zero-order valence-electron chi connectivity index (χ0n) is 20.4. The van der Waals surface area contributed by atoms with Gasteiger partial charge in [0.2, 0.25) is 0 Å². The lowest BCUT2D eigenvalue weighted by atomic mass is 10.1. The van der Waals surface area contributed by atoms with E-state index in [4.69, 9.17) is 14.2 Å². The van der Waals surface area contributed by atoms with Crippen LogP contribution in [-0.4, -0.2) is 79.9 Å². The van der Waals surface area contributed by atoms with Crippen LogP contribution >= 0.6 is 0 Å². The fourth-order valence-electron chi connectivity index (χ4n) is 3.98. The minimum atomic E-state index is -0.917. The van der Waals surface area contributed by atoms with Crippen molar-refractivity contribution in [1.82, 2.24) is 15.2 Å². The molecule has 184 valence electrons. The summed E-state index contributed by atoms with van der Waals surface area (Å²) in [5.74, 6) is 1.13. The van der Waals surface area contributed by atoms with Gasteiger partial charge in [0, 0.05) is 49.4 Å². The molecule has 1 saturated heterocycles. The maximum Gasteiger partial charge on any atom is 0.407 e. The molecule has 1 aliphatic rings. The summed E-state index contributed by atoms with van der Waals surface area (Å²) in [5, 5.41) is 23.9. The lowest BCUT2D eigenvalue weighted by Crippen LogP contribution is -2.45. The van der Waals surface area contributed by atoms with E-state index < -0.39 is 17.9 Å². The minimum Gasteiger partial charge on any atom is -0.493 e. The lowest BCUT2D eigenvalue weighted by Gasteiger charge is -2.28. The van der Waals surface area contributed by atoms with Gasteiger partial charge in [-0.15, -0.1) is 0 Å². The normalized spacial score (nSPS) is 15.9. The van der Waals surface area contributed by atoms with Crippen molar-refractivity contribution in [2.45, 2.75) is 39.0 Å². The molecule has 1 unspecified atom stereocenters. The number of amides is 1. The monoisotopic (exact) mass is 471 g/mol. The number of aliphatic hydroxyl groups is 1. The van der Waals surface area contributed by atoms with Gasteiger partial charge in [-0.05, 0) is 33.3 Å². The second-order valence-electron chi connectivity index (χ2n) is 9.19. The third-order valence-electron chi connectivity index (χ3n) is 5.57. The lowest BCUT2D eigenvalue weighted by molar-refractivity contribution is -0.0368. The number of carbonyl (C=O) groups excluding carboxylic acids is 1. The van der Waals surface area contributed by atoms with Gasteiger partial charge in [0.25, 0.3) is 0 Å². The first kappa shape index (κ1) is 25.3. The van der Waals surface area contributed by atoms with E-state index in [0.29, 0.717) is 48.8 Å². The molecule has 1 amide bonds. The number of carbonyl (C=O) groups is 1. The van der Waals surface area contributed by atoms with Crippen LogP contribution in [-0.2, 0) is 4.74 Å². The second kappa shape index (κ2) is 10.8. The molecule has 1 aliphatic heterocycles. The summed E-state index contributed by atoms with van der Waals surface area (Å²) < 4.78 is 16.1. The van der Waals surface area contributed by atoms with E-state index in [2.05, 4.69) is 21.3 Å². The average Bonchev–Trinajstić information content (AvgIpc) is 3.05. The molecule has 10 heteroatoms. The van der Waals surface area contributed by atoms with Gasteiger partial charge in [0.05, 0.1) is 31.0 Å². The van der Waals surface area contributed by atoms with Crippen molar-refractivity contribution in [1.29, 1.82) is 5.26 Å². The van der Waals surface area contributed by atoms with Gasteiger partial charge >= 0.3 is 6.09 Å². The molecule has 1 atom stereocenters. The van der Waals surface area contributed by atoms with Crippen molar-refractivity contribution in [2.24, 2.45) is 0 Å². The van der Waals surface area contributed by atoms with E-state index in [1.54, 1.807) is 26.5 Å². The maximum atomic E-state index is 11.9. The highest BCUT2D eigenvalue weighted by Crippen LogP contribution is 2.37. The van der Waals surface area contributed by atoms with Gasteiger partial charge in [-0.1, -0.05) is 0 Å². The molecule has 2 aromatic rings. The number of aliphatic hydroxyl groups excluding tert-OH is 1. The number of pyridine rings is 1. The Kier molecular flexibility index (Phi) is 8.02. The van der Waals surface area contributed by atoms with Crippen LogP contribution in [0.1, 0.15) is 32.8 Å². The van der Waals surface area contributed by atoms with Gasteiger partial charge in [-0.3, -0.25) is 9.88 Å². The molecular weight excluding hydrogens is 438 g/mol. The van der Waals surface area contributed by atoms with Gasteiger partial charge in [0.1, 0.15) is 18.9 Å². The summed E-state index contributed by atoms with van der Waals surface area (Å²) in [6.07, 6.45) is 0.852. The number of nitriles is 1. The third-order valence-corrected chi connectivity index (χ3v) is 5.57. The van der Waals surface area contributed by atoms with Crippen LogP contribution in [0, 0.1) is 11.3 Å². The summed E-state index contributed by atoms with van der Waals surface area (Å²) >= 11 is 0. The number of fused-ring (bicyclic) bond motifs is 1. The molecule has 10 nitrogen and oxygen atoms in total. The summed E-state index contributed by atoms with van der Waals surface area (Å²) in [4.78, 5) is 20.4. The van der Waals surface area contributed by atoms with Gasteiger partial charge in [0.15, 0.2) is 11.5 Å². The molecule has 34 heavy (non-hydrogen) atoms. The number of aromatic nitrogens is 1. The second-order valence-corrected chi connectivity index (χ2v) is 9.19. The van der Waals surface area contributed by atoms with Crippen molar-refractivity contribution < 1.29 is 24.1 Å². The highest BCUT2D eigenvalue weighted by Gasteiger charge is 2.25. The molecule has 1 aromatic carbocycles. The van der Waals surface area contributed by atoms with Crippen LogP contribution in [0.3, 0.4) is 0 Å². The summed E-state index contributed by atoms with van der Waals surface area (Å²) in [6.45, 7) is 7.89. The molecule has 1 aromatic heterocycles. The Morgan fingerprint density at radius 2 is 1.91 bits per heavy atom.